The number of hydrogen-bond donors (Lipinski definition) is 1. The summed E-state index contributed by atoms with van der Waals surface area (Å²) in [5, 5.41) is 3.13. The highest BCUT2D eigenvalue weighted by molar-refractivity contribution is 5.46. The van der Waals surface area contributed by atoms with Crippen LogP contribution in [0.15, 0.2) is 30.4 Å². The van der Waals surface area contributed by atoms with E-state index in [9.17, 15) is 8.78 Å². The van der Waals surface area contributed by atoms with Gasteiger partial charge in [0.25, 0.3) is 0 Å². The van der Waals surface area contributed by atoms with E-state index in [1.54, 1.807) is 6.07 Å². The van der Waals surface area contributed by atoms with Gasteiger partial charge in [0.15, 0.2) is 11.6 Å². The first-order valence-corrected chi connectivity index (χ1v) is 6.54. The van der Waals surface area contributed by atoms with Crippen molar-refractivity contribution in [2.75, 3.05) is 5.32 Å². The third-order valence-electron chi connectivity index (χ3n) is 4.31. The van der Waals surface area contributed by atoms with Crippen LogP contribution >= 0.6 is 0 Å². The number of nitrogens with one attached hydrogen (secondary N) is 1. The Morgan fingerprint density at radius 3 is 2.72 bits per heavy atom. The Balaban J connectivity index is 1.73. The van der Waals surface area contributed by atoms with Gasteiger partial charge in [-0.1, -0.05) is 18.2 Å². The van der Waals surface area contributed by atoms with Crippen molar-refractivity contribution < 1.29 is 8.78 Å². The SMILES string of the molecule is CC(Nc1cccc(F)c1F)C1CC2C=CC1C2. The molecular weight excluding hydrogens is 232 g/mol. The molecule has 4 unspecified atom stereocenters. The molecule has 4 atom stereocenters. The van der Waals surface area contributed by atoms with Crippen molar-refractivity contribution in [1.82, 2.24) is 0 Å². The summed E-state index contributed by atoms with van der Waals surface area (Å²) < 4.78 is 26.7. The maximum Gasteiger partial charge on any atom is 0.181 e. The maximum atomic E-state index is 13.6. The second-order valence-corrected chi connectivity index (χ2v) is 5.48. The van der Waals surface area contributed by atoms with E-state index in [1.165, 1.54) is 12.5 Å². The highest BCUT2D eigenvalue weighted by Gasteiger charge is 2.38. The first-order chi connectivity index (χ1) is 8.65. The fourth-order valence-corrected chi connectivity index (χ4v) is 3.37. The van der Waals surface area contributed by atoms with E-state index in [0.717, 1.165) is 12.5 Å². The van der Waals surface area contributed by atoms with E-state index >= 15 is 0 Å². The van der Waals surface area contributed by atoms with Crippen molar-refractivity contribution in [2.45, 2.75) is 25.8 Å². The molecule has 0 aromatic heterocycles. The van der Waals surface area contributed by atoms with E-state index in [1.807, 2.05) is 0 Å². The third-order valence-corrected chi connectivity index (χ3v) is 4.31. The van der Waals surface area contributed by atoms with Gasteiger partial charge in [-0.25, -0.2) is 8.78 Å². The van der Waals surface area contributed by atoms with Crippen LogP contribution in [0.5, 0.6) is 0 Å². The Morgan fingerprint density at radius 1 is 1.22 bits per heavy atom. The van der Waals surface area contributed by atoms with E-state index in [4.69, 9.17) is 0 Å². The molecule has 1 saturated carbocycles. The summed E-state index contributed by atoms with van der Waals surface area (Å²) >= 11 is 0. The molecule has 1 nitrogen and oxygen atoms in total. The first kappa shape index (κ1) is 11.7. The molecule has 2 aliphatic rings. The minimum absolute atomic E-state index is 0.168. The zero-order valence-electron chi connectivity index (χ0n) is 10.4. The summed E-state index contributed by atoms with van der Waals surface area (Å²) in [6.45, 7) is 2.06. The van der Waals surface area contributed by atoms with Gasteiger partial charge in [-0.3, -0.25) is 0 Å². The van der Waals surface area contributed by atoms with Crippen molar-refractivity contribution in [3.05, 3.63) is 42.0 Å². The number of benzene rings is 1. The van der Waals surface area contributed by atoms with Crippen LogP contribution in [0.25, 0.3) is 0 Å². The van der Waals surface area contributed by atoms with Gasteiger partial charge in [-0.2, -0.15) is 0 Å². The van der Waals surface area contributed by atoms with Crippen LogP contribution in [0, 0.1) is 29.4 Å². The van der Waals surface area contributed by atoms with Gasteiger partial charge in [-0.05, 0) is 49.7 Å². The molecule has 0 amide bonds. The zero-order valence-corrected chi connectivity index (χ0v) is 10.4. The Hall–Kier alpha value is -1.38. The predicted molar refractivity (Wildman–Crippen MR) is 68.3 cm³/mol. The molecule has 3 heteroatoms. The van der Waals surface area contributed by atoms with Crippen LogP contribution in [0.2, 0.25) is 0 Å². The lowest BCUT2D eigenvalue weighted by atomic mass is 9.87. The molecule has 1 aromatic carbocycles. The van der Waals surface area contributed by atoms with Crippen LogP contribution in [-0.2, 0) is 0 Å². The van der Waals surface area contributed by atoms with Crippen molar-refractivity contribution in [3.63, 3.8) is 0 Å². The van der Waals surface area contributed by atoms with Gasteiger partial charge < -0.3 is 5.32 Å². The Labute approximate surface area is 106 Å². The molecule has 2 bridgehead atoms. The monoisotopic (exact) mass is 249 g/mol. The van der Waals surface area contributed by atoms with E-state index in [0.29, 0.717) is 17.8 Å². The Morgan fingerprint density at radius 2 is 2.06 bits per heavy atom. The maximum absolute atomic E-state index is 13.6. The lowest BCUT2D eigenvalue weighted by Gasteiger charge is -2.27. The highest BCUT2D eigenvalue weighted by atomic mass is 19.2. The van der Waals surface area contributed by atoms with Gasteiger partial charge in [0.2, 0.25) is 0 Å². The van der Waals surface area contributed by atoms with Crippen LogP contribution in [0.4, 0.5) is 14.5 Å². The lowest BCUT2D eigenvalue weighted by molar-refractivity contribution is 0.398. The predicted octanol–water partition coefficient (Wildman–Crippen LogP) is 3.98. The normalized spacial score (nSPS) is 30.7. The van der Waals surface area contributed by atoms with Crippen molar-refractivity contribution in [3.8, 4) is 0 Å². The van der Waals surface area contributed by atoms with E-state index in [2.05, 4.69) is 24.4 Å². The summed E-state index contributed by atoms with van der Waals surface area (Å²) in [5.74, 6) is 0.265. The van der Waals surface area contributed by atoms with Crippen molar-refractivity contribution >= 4 is 5.69 Å². The first-order valence-electron chi connectivity index (χ1n) is 6.54. The Kier molecular flexibility index (Phi) is 2.84. The van der Waals surface area contributed by atoms with E-state index < -0.39 is 11.6 Å². The van der Waals surface area contributed by atoms with Gasteiger partial charge >= 0.3 is 0 Å². The molecule has 3 rings (SSSR count). The molecule has 0 radical (unpaired) electrons. The average molecular weight is 249 g/mol. The number of halogens is 2. The highest BCUT2D eigenvalue weighted by Crippen LogP contribution is 2.45. The quantitative estimate of drug-likeness (QED) is 0.799. The number of rotatable bonds is 3. The summed E-state index contributed by atoms with van der Waals surface area (Å²) in [4.78, 5) is 0. The van der Waals surface area contributed by atoms with Gasteiger partial charge in [0, 0.05) is 6.04 Å². The molecule has 2 aliphatic carbocycles. The standard InChI is InChI=1S/C15H17F2N/c1-9(12-8-10-5-6-11(12)7-10)18-14-4-2-3-13(16)15(14)17/h2-6,9-12,18H,7-8H2,1H3. The fourth-order valence-electron chi connectivity index (χ4n) is 3.37. The topological polar surface area (TPSA) is 12.0 Å². The number of fused-ring (bicyclic) bond motifs is 2. The molecule has 96 valence electrons. The molecule has 0 aliphatic heterocycles. The molecule has 0 heterocycles. The molecule has 1 N–H and O–H groups in total. The van der Waals surface area contributed by atoms with Gasteiger partial charge in [-0.15, -0.1) is 0 Å². The molecule has 1 aromatic rings. The average Bonchev–Trinajstić information content (AvgIpc) is 2.97. The van der Waals surface area contributed by atoms with Gasteiger partial charge in [0.1, 0.15) is 0 Å². The number of anilines is 1. The number of allylic oxidation sites excluding steroid dienone is 2. The summed E-state index contributed by atoms with van der Waals surface area (Å²) in [6.07, 6.45) is 6.95. The Bertz CT molecular complexity index is 483. The van der Waals surface area contributed by atoms with Crippen molar-refractivity contribution in [2.24, 2.45) is 17.8 Å². The molecule has 0 spiro atoms. The molecule has 18 heavy (non-hydrogen) atoms. The minimum Gasteiger partial charge on any atom is -0.380 e. The smallest absolute Gasteiger partial charge is 0.181 e. The molecule has 1 fully saturated rings. The summed E-state index contributed by atoms with van der Waals surface area (Å²) in [5.41, 5.74) is 0.272. The lowest BCUT2D eigenvalue weighted by Crippen LogP contribution is -2.29. The third kappa shape index (κ3) is 1.92. The van der Waals surface area contributed by atoms with Crippen LogP contribution < -0.4 is 5.32 Å². The summed E-state index contributed by atoms with van der Waals surface area (Å²) in [6, 6.07) is 4.44. The molecular formula is C15H17F2N. The second-order valence-electron chi connectivity index (χ2n) is 5.48. The van der Waals surface area contributed by atoms with Crippen LogP contribution in [-0.4, -0.2) is 6.04 Å². The zero-order chi connectivity index (χ0) is 12.7. The minimum atomic E-state index is -0.792. The van der Waals surface area contributed by atoms with Gasteiger partial charge in [0.05, 0.1) is 5.69 Å². The fraction of sp³-hybridized carbons (Fsp3) is 0.467. The van der Waals surface area contributed by atoms with E-state index in [-0.39, 0.29) is 11.7 Å². The summed E-state index contributed by atoms with van der Waals surface area (Å²) in [7, 11) is 0. The van der Waals surface area contributed by atoms with Crippen molar-refractivity contribution in [1.29, 1.82) is 0 Å². The van der Waals surface area contributed by atoms with Crippen LogP contribution in [0.3, 0.4) is 0 Å². The number of hydrogen-bond acceptors (Lipinski definition) is 1. The van der Waals surface area contributed by atoms with Crippen LogP contribution in [0.1, 0.15) is 19.8 Å². The molecule has 0 saturated heterocycles. The largest absolute Gasteiger partial charge is 0.380 e. The second kappa shape index (κ2) is 4.38.